The van der Waals surface area contributed by atoms with Crippen molar-refractivity contribution in [1.82, 2.24) is 10.2 Å². The molecule has 5 heteroatoms. The van der Waals surface area contributed by atoms with E-state index in [1.165, 1.54) is 0 Å². The Balaban J connectivity index is 2.12. The Morgan fingerprint density at radius 2 is 1.80 bits per heavy atom. The third-order valence-corrected chi connectivity index (χ3v) is 3.97. The van der Waals surface area contributed by atoms with Crippen molar-refractivity contribution in [3.8, 4) is 0 Å². The quantitative estimate of drug-likeness (QED) is 0.704. The van der Waals surface area contributed by atoms with Crippen molar-refractivity contribution in [1.29, 1.82) is 0 Å². The van der Waals surface area contributed by atoms with Crippen LogP contribution in [0, 0.1) is 5.41 Å². The van der Waals surface area contributed by atoms with E-state index in [0.29, 0.717) is 25.9 Å². The smallest absolute Gasteiger partial charge is 0.224 e. The Hall–Kier alpha value is -1.10. The summed E-state index contributed by atoms with van der Waals surface area (Å²) >= 11 is 0. The number of carbonyl (C=O) groups is 2. The average Bonchev–Trinajstić information content (AvgIpc) is 2.90. The van der Waals surface area contributed by atoms with Gasteiger partial charge in [0.15, 0.2) is 0 Å². The van der Waals surface area contributed by atoms with Crippen LogP contribution >= 0.6 is 0 Å². The van der Waals surface area contributed by atoms with Crippen molar-refractivity contribution in [2.75, 3.05) is 26.2 Å². The Labute approximate surface area is 122 Å². The van der Waals surface area contributed by atoms with E-state index in [4.69, 9.17) is 5.73 Å². The number of nitrogens with two attached hydrogens (primary N) is 1. The van der Waals surface area contributed by atoms with Crippen LogP contribution < -0.4 is 11.1 Å². The second-order valence-corrected chi connectivity index (χ2v) is 6.39. The minimum Gasteiger partial charge on any atom is -0.356 e. The van der Waals surface area contributed by atoms with Gasteiger partial charge in [0.05, 0.1) is 0 Å². The SMILES string of the molecule is CC(C)(CCN)CCC(=O)NCCC(=O)N1CCCC1. The zero-order valence-corrected chi connectivity index (χ0v) is 12.9. The molecule has 1 fully saturated rings. The van der Waals surface area contributed by atoms with Gasteiger partial charge < -0.3 is 16.0 Å². The van der Waals surface area contributed by atoms with Gasteiger partial charge in [0, 0.05) is 32.5 Å². The van der Waals surface area contributed by atoms with Gasteiger partial charge in [0.2, 0.25) is 11.8 Å². The molecule has 1 saturated heterocycles. The summed E-state index contributed by atoms with van der Waals surface area (Å²) < 4.78 is 0. The van der Waals surface area contributed by atoms with Crippen LogP contribution in [-0.4, -0.2) is 42.9 Å². The van der Waals surface area contributed by atoms with E-state index in [2.05, 4.69) is 19.2 Å². The molecule has 0 spiro atoms. The van der Waals surface area contributed by atoms with Crippen molar-refractivity contribution < 1.29 is 9.59 Å². The van der Waals surface area contributed by atoms with Crippen molar-refractivity contribution >= 4 is 11.8 Å². The van der Waals surface area contributed by atoms with E-state index in [-0.39, 0.29) is 17.2 Å². The molecular formula is C15H29N3O2. The maximum atomic E-state index is 11.8. The third-order valence-electron chi connectivity index (χ3n) is 3.97. The molecule has 1 aliphatic rings. The number of carbonyl (C=O) groups excluding carboxylic acids is 2. The Morgan fingerprint density at radius 1 is 1.15 bits per heavy atom. The topological polar surface area (TPSA) is 75.4 Å². The van der Waals surface area contributed by atoms with Gasteiger partial charge in [-0.25, -0.2) is 0 Å². The molecule has 1 rings (SSSR count). The van der Waals surface area contributed by atoms with Crippen molar-refractivity contribution in [2.45, 2.75) is 52.4 Å². The van der Waals surface area contributed by atoms with Crippen LogP contribution in [-0.2, 0) is 9.59 Å². The fourth-order valence-electron chi connectivity index (χ4n) is 2.49. The fraction of sp³-hybridized carbons (Fsp3) is 0.867. The molecule has 0 bridgehead atoms. The first kappa shape index (κ1) is 17.0. The fourth-order valence-corrected chi connectivity index (χ4v) is 2.49. The highest BCUT2D eigenvalue weighted by molar-refractivity contribution is 5.79. The van der Waals surface area contributed by atoms with E-state index in [1.54, 1.807) is 0 Å². The predicted molar refractivity (Wildman–Crippen MR) is 80.1 cm³/mol. The monoisotopic (exact) mass is 283 g/mol. The van der Waals surface area contributed by atoms with Gasteiger partial charge in [-0.1, -0.05) is 13.8 Å². The van der Waals surface area contributed by atoms with E-state index >= 15 is 0 Å². The zero-order valence-electron chi connectivity index (χ0n) is 12.9. The molecule has 2 amide bonds. The Bertz CT molecular complexity index is 323. The van der Waals surface area contributed by atoms with Crippen molar-refractivity contribution in [3.05, 3.63) is 0 Å². The first-order chi connectivity index (χ1) is 9.44. The second kappa shape index (κ2) is 8.25. The molecule has 3 N–H and O–H groups in total. The third kappa shape index (κ3) is 6.37. The van der Waals surface area contributed by atoms with Gasteiger partial charge in [0.25, 0.3) is 0 Å². The molecule has 0 aromatic heterocycles. The highest BCUT2D eigenvalue weighted by atomic mass is 16.2. The molecule has 0 unspecified atom stereocenters. The van der Waals surface area contributed by atoms with E-state index < -0.39 is 0 Å². The normalized spacial score (nSPS) is 15.4. The molecule has 1 heterocycles. The van der Waals surface area contributed by atoms with Crippen LogP contribution in [0.3, 0.4) is 0 Å². The van der Waals surface area contributed by atoms with Crippen LogP contribution in [0.2, 0.25) is 0 Å². The zero-order chi connectivity index (χ0) is 15.0. The van der Waals surface area contributed by atoms with Crippen LogP contribution in [0.1, 0.15) is 52.4 Å². The molecule has 0 saturated carbocycles. The lowest BCUT2D eigenvalue weighted by Crippen LogP contribution is -2.33. The summed E-state index contributed by atoms with van der Waals surface area (Å²) in [5, 5.41) is 2.83. The van der Waals surface area contributed by atoms with Crippen molar-refractivity contribution in [2.24, 2.45) is 11.1 Å². The summed E-state index contributed by atoms with van der Waals surface area (Å²) in [7, 11) is 0. The molecule has 0 aromatic rings. The maximum absolute atomic E-state index is 11.8. The molecule has 0 radical (unpaired) electrons. The van der Waals surface area contributed by atoms with Crippen LogP contribution in [0.5, 0.6) is 0 Å². The largest absolute Gasteiger partial charge is 0.356 e. The van der Waals surface area contributed by atoms with E-state index in [1.807, 2.05) is 4.90 Å². The van der Waals surface area contributed by atoms with Gasteiger partial charge in [-0.3, -0.25) is 9.59 Å². The molecule has 0 aromatic carbocycles. The molecular weight excluding hydrogens is 254 g/mol. The summed E-state index contributed by atoms with van der Waals surface area (Å²) in [5.74, 6) is 0.190. The molecule has 0 atom stereocenters. The van der Waals surface area contributed by atoms with Crippen LogP contribution in [0.25, 0.3) is 0 Å². The number of amides is 2. The molecule has 20 heavy (non-hydrogen) atoms. The average molecular weight is 283 g/mol. The predicted octanol–water partition coefficient (Wildman–Crippen LogP) is 1.27. The van der Waals surface area contributed by atoms with E-state index in [0.717, 1.165) is 38.8 Å². The number of hydrogen-bond donors (Lipinski definition) is 2. The minimum absolute atomic E-state index is 0.0318. The number of nitrogens with one attached hydrogen (secondary N) is 1. The number of hydrogen-bond acceptors (Lipinski definition) is 3. The summed E-state index contributed by atoms with van der Waals surface area (Å²) in [4.78, 5) is 25.4. The minimum atomic E-state index is 0.0318. The van der Waals surface area contributed by atoms with E-state index in [9.17, 15) is 9.59 Å². The lowest BCUT2D eigenvalue weighted by Gasteiger charge is -2.23. The van der Waals surface area contributed by atoms with Gasteiger partial charge in [-0.05, 0) is 37.6 Å². The molecule has 0 aliphatic carbocycles. The Morgan fingerprint density at radius 3 is 2.40 bits per heavy atom. The highest BCUT2D eigenvalue weighted by Crippen LogP contribution is 2.25. The first-order valence-electron chi connectivity index (χ1n) is 7.69. The summed E-state index contributed by atoms with van der Waals surface area (Å²) in [6.45, 7) is 7.11. The molecule has 5 nitrogen and oxygen atoms in total. The summed E-state index contributed by atoms with van der Waals surface area (Å²) in [6, 6.07) is 0. The Kier molecular flexibility index (Phi) is 6.99. The first-order valence-corrected chi connectivity index (χ1v) is 7.69. The molecule has 116 valence electrons. The standard InChI is InChI=1S/C15H29N3O2/c1-15(2,8-9-16)7-5-13(19)17-10-6-14(20)18-11-3-4-12-18/h3-12,16H2,1-2H3,(H,17,19). The van der Waals surface area contributed by atoms with Gasteiger partial charge in [-0.15, -0.1) is 0 Å². The summed E-state index contributed by atoms with van der Waals surface area (Å²) in [5.41, 5.74) is 5.66. The van der Waals surface area contributed by atoms with Crippen LogP contribution in [0.4, 0.5) is 0 Å². The molecule has 1 aliphatic heterocycles. The highest BCUT2D eigenvalue weighted by Gasteiger charge is 2.19. The second-order valence-electron chi connectivity index (χ2n) is 6.39. The van der Waals surface area contributed by atoms with Gasteiger partial charge >= 0.3 is 0 Å². The number of rotatable bonds is 8. The number of likely N-dealkylation sites (tertiary alicyclic amines) is 1. The van der Waals surface area contributed by atoms with Gasteiger partial charge in [-0.2, -0.15) is 0 Å². The lowest BCUT2D eigenvalue weighted by molar-refractivity contribution is -0.130. The maximum Gasteiger partial charge on any atom is 0.224 e. The number of nitrogens with zero attached hydrogens (tertiary/aromatic N) is 1. The van der Waals surface area contributed by atoms with Gasteiger partial charge in [0.1, 0.15) is 0 Å². The van der Waals surface area contributed by atoms with Crippen LogP contribution in [0.15, 0.2) is 0 Å². The van der Waals surface area contributed by atoms with Crippen molar-refractivity contribution in [3.63, 3.8) is 0 Å². The summed E-state index contributed by atoms with van der Waals surface area (Å²) in [6.07, 6.45) is 4.88. The lowest BCUT2D eigenvalue weighted by atomic mass is 9.84.